The maximum atomic E-state index is 14.1. The summed E-state index contributed by atoms with van der Waals surface area (Å²) in [6.07, 6.45) is 0. The van der Waals surface area contributed by atoms with Gasteiger partial charge in [0, 0.05) is 23.0 Å². The number of nitrogens with one attached hydrogen (secondary N) is 2. The maximum absolute atomic E-state index is 14.1. The summed E-state index contributed by atoms with van der Waals surface area (Å²) < 4.78 is 19.2. The van der Waals surface area contributed by atoms with Gasteiger partial charge >= 0.3 is 0 Å². The Morgan fingerprint density at radius 2 is 1.39 bits per heavy atom. The largest absolute Gasteiger partial charge is 0.497 e. The molecule has 33 heavy (non-hydrogen) atoms. The SMILES string of the molecule is COc1ccc(NC(=O)c2ccc(NC(=O)c3cc(F)cc4nc(C)c(C)nc34)cc2)cc1. The quantitative estimate of drug-likeness (QED) is 0.457. The fourth-order valence-corrected chi connectivity index (χ4v) is 3.25. The molecule has 0 aliphatic rings. The van der Waals surface area contributed by atoms with Crippen molar-refractivity contribution in [2.24, 2.45) is 0 Å². The van der Waals surface area contributed by atoms with Gasteiger partial charge in [-0.2, -0.15) is 0 Å². The van der Waals surface area contributed by atoms with Crippen LogP contribution in [-0.4, -0.2) is 28.9 Å². The molecule has 7 nitrogen and oxygen atoms in total. The molecule has 4 rings (SSSR count). The van der Waals surface area contributed by atoms with Crippen LogP contribution < -0.4 is 15.4 Å². The number of halogens is 1. The molecule has 0 aliphatic carbocycles. The third kappa shape index (κ3) is 4.79. The van der Waals surface area contributed by atoms with Crippen molar-refractivity contribution in [1.82, 2.24) is 9.97 Å². The second-order valence-corrected chi connectivity index (χ2v) is 7.43. The normalized spacial score (nSPS) is 10.7. The minimum Gasteiger partial charge on any atom is -0.497 e. The van der Waals surface area contributed by atoms with Crippen LogP contribution in [0.3, 0.4) is 0 Å². The highest BCUT2D eigenvalue weighted by molar-refractivity contribution is 6.11. The first-order valence-corrected chi connectivity index (χ1v) is 10.2. The summed E-state index contributed by atoms with van der Waals surface area (Å²) in [6.45, 7) is 3.56. The van der Waals surface area contributed by atoms with E-state index in [0.29, 0.717) is 45.1 Å². The van der Waals surface area contributed by atoms with Crippen molar-refractivity contribution in [2.75, 3.05) is 17.7 Å². The number of benzene rings is 3. The number of amides is 2. The lowest BCUT2D eigenvalue weighted by Crippen LogP contribution is -2.15. The highest BCUT2D eigenvalue weighted by Gasteiger charge is 2.16. The second kappa shape index (κ2) is 9.04. The molecule has 0 bridgehead atoms. The van der Waals surface area contributed by atoms with Crippen molar-refractivity contribution in [2.45, 2.75) is 13.8 Å². The van der Waals surface area contributed by atoms with E-state index in [1.807, 2.05) is 0 Å². The summed E-state index contributed by atoms with van der Waals surface area (Å²) in [4.78, 5) is 34.1. The van der Waals surface area contributed by atoms with Crippen LogP contribution in [0.4, 0.5) is 15.8 Å². The Labute approximate surface area is 189 Å². The summed E-state index contributed by atoms with van der Waals surface area (Å²) in [5.41, 5.74) is 3.55. The van der Waals surface area contributed by atoms with Crippen LogP contribution in [0, 0.1) is 19.7 Å². The molecule has 8 heteroatoms. The van der Waals surface area contributed by atoms with Gasteiger partial charge in [0.05, 0.1) is 29.6 Å². The number of ether oxygens (including phenoxy) is 1. The van der Waals surface area contributed by atoms with Crippen LogP contribution in [0.25, 0.3) is 11.0 Å². The number of fused-ring (bicyclic) bond motifs is 1. The monoisotopic (exact) mass is 444 g/mol. The molecule has 0 fully saturated rings. The fraction of sp³-hybridized carbons (Fsp3) is 0.120. The highest BCUT2D eigenvalue weighted by atomic mass is 19.1. The average molecular weight is 444 g/mol. The van der Waals surface area contributed by atoms with Gasteiger partial charge in [0.2, 0.25) is 0 Å². The third-order valence-electron chi connectivity index (χ3n) is 5.14. The molecule has 0 saturated heterocycles. The number of hydrogen-bond acceptors (Lipinski definition) is 5. The first kappa shape index (κ1) is 21.9. The third-order valence-corrected chi connectivity index (χ3v) is 5.14. The van der Waals surface area contributed by atoms with Gasteiger partial charge in [-0.3, -0.25) is 9.59 Å². The van der Waals surface area contributed by atoms with Gasteiger partial charge in [-0.25, -0.2) is 14.4 Å². The predicted molar refractivity (Wildman–Crippen MR) is 124 cm³/mol. The van der Waals surface area contributed by atoms with Crippen molar-refractivity contribution in [3.05, 3.63) is 89.0 Å². The number of rotatable bonds is 5. The van der Waals surface area contributed by atoms with Crippen molar-refractivity contribution in [3.8, 4) is 5.75 Å². The zero-order chi connectivity index (χ0) is 23.5. The van der Waals surface area contributed by atoms with E-state index in [2.05, 4.69) is 20.6 Å². The number of aryl methyl sites for hydroxylation is 2. The van der Waals surface area contributed by atoms with E-state index in [1.54, 1.807) is 69.5 Å². The Morgan fingerprint density at radius 3 is 2.03 bits per heavy atom. The van der Waals surface area contributed by atoms with E-state index < -0.39 is 11.7 Å². The van der Waals surface area contributed by atoms with Gasteiger partial charge in [0.1, 0.15) is 17.1 Å². The fourth-order valence-electron chi connectivity index (χ4n) is 3.25. The van der Waals surface area contributed by atoms with Gasteiger partial charge in [-0.05, 0) is 68.4 Å². The minimum absolute atomic E-state index is 0.0851. The second-order valence-electron chi connectivity index (χ2n) is 7.43. The first-order chi connectivity index (χ1) is 15.8. The van der Waals surface area contributed by atoms with E-state index >= 15 is 0 Å². The summed E-state index contributed by atoms with van der Waals surface area (Å²) in [7, 11) is 1.57. The van der Waals surface area contributed by atoms with Gasteiger partial charge < -0.3 is 15.4 Å². The molecule has 0 unspecified atom stereocenters. The molecule has 0 saturated carbocycles. The number of aromatic nitrogens is 2. The molecule has 1 heterocycles. The Morgan fingerprint density at radius 1 is 0.818 bits per heavy atom. The summed E-state index contributed by atoms with van der Waals surface area (Å²) in [5, 5.41) is 5.51. The van der Waals surface area contributed by atoms with E-state index in [0.717, 1.165) is 6.07 Å². The lowest BCUT2D eigenvalue weighted by Gasteiger charge is -2.10. The molecule has 3 aromatic carbocycles. The smallest absolute Gasteiger partial charge is 0.258 e. The highest BCUT2D eigenvalue weighted by Crippen LogP contribution is 2.21. The van der Waals surface area contributed by atoms with E-state index in [-0.39, 0.29) is 11.5 Å². The summed E-state index contributed by atoms with van der Waals surface area (Å²) in [6, 6.07) is 15.7. The van der Waals surface area contributed by atoms with E-state index in [9.17, 15) is 14.0 Å². The van der Waals surface area contributed by atoms with Crippen LogP contribution in [0.15, 0.2) is 60.7 Å². The summed E-state index contributed by atoms with van der Waals surface area (Å²) in [5.74, 6) is -0.700. The molecule has 0 aliphatic heterocycles. The zero-order valence-corrected chi connectivity index (χ0v) is 18.3. The number of anilines is 2. The van der Waals surface area contributed by atoms with Crippen LogP contribution in [0.2, 0.25) is 0 Å². The predicted octanol–water partition coefficient (Wildman–Crippen LogP) is 4.90. The maximum Gasteiger partial charge on any atom is 0.258 e. The molecule has 2 N–H and O–H groups in total. The van der Waals surface area contributed by atoms with Gasteiger partial charge in [0.25, 0.3) is 11.8 Å². The Balaban J connectivity index is 1.50. The molecule has 166 valence electrons. The number of nitrogens with zero attached hydrogens (tertiary/aromatic N) is 2. The first-order valence-electron chi connectivity index (χ1n) is 10.2. The van der Waals surface area contributed by atoms with Gasteiger partial charge in [0.15, 0.2) is 0 Å². The van der Waals surface area contributed by atoms with Gasteiger partial charge in [-0.15, -0.1) is 0 Å². The van der Waals surface area contributed by atoms with Crippen molar-refractivity contribution < 1.29 is 18.7 Å². The lowest BCUT2D eigenvalue weighted by atomic mass is 10.1. The topological polar surface area (TPSA) is 93.2 Å². The average Bonchev–Trinajstić information content (AvgIpc) is 2.80. The molecule has 0 radical (unpaired) electrons. The number of carbonyl (C=O) groups excluding carboxylic acids is 2. The van der Waals surface area contributed by atoms with Crippen LogP contribution in [0.1, 0.15) is 32.1 Å². The summed E-state index contributed by atoms with van der Waals surface area (Å²) >= 11 is 0. The van der Waals surface area contributed by atoms with Crippen LogP contribution >= 0.6 is 0 Å². The molecule has 2 amide bonds. The Hall–Kier alpha value is -4.33. The number of methoxy groups -OCH3 is 1. The zero-order valence-electron chi connectivity index (χ0n) is 18.3. The van der Waals surface area contributed by atoms with Crippen molar-refractivity contribution in [3.63, 3.8) is 0 Å². The standard InChI is InChI=1S/C25H21FN4O3/c1-14-15(2)28-23-21(12-17(26)13-22(23)27-14)25(32)30-18-6-4-16(5-7-18)24(31)29-19-8-10-20(33-3)11-9-19/h4-13H,1-3H3,(H,29,31)(H,30,32). The van der Waals surface area contributed by atoms with E-state index in [4.69, 9.17) is 4.74 Å². The molecular formula is C25H21FN4O3. The number of hydrogen-bond donors (Lipinski definition) is 2. The minimum atomic E-state index is -0.573. The molecule has 0 spiro atoms. The molecular weight excluding hydrogens is 423 g/mol. The van der Waals surface area contributed by atoms with Crippen molar-refractivity contribution >= 4 is 34.2 Å². The Bertz CT molecular complexity index is 1350. The number of carbonyl (C=O) groups is 2. The van der Waals surface area contributed by atoms with E-state index in [1.165, 1.54) is 6.07 Å². The van der Waals surface area contributed by atoms with Crippen LogP contribution in [-0.2, 0) is 0 Å². The van der Waals surface area contributed by atoms with Crippen molar-refractivity contribution in [1.29, 1.82) is 0 Å². The molecule has 1 aromatic heterocycles. The lowest BCUT2D eigenvalue weighted by molar-refractivity contribution is 0.102. The van der Waals surface area contributed by atoms with Crippen LogP contribution in [0.5, 0.6) is 5.75 Å². The molecule has 0 atom stereocenters. The van der Waals surface area contributed by atoms with Gasteiger partial charge in [-0.1, -0.05) is 0 Å². The molecule has 4 aromatic rings. The Kier molecular flexibility index (Phi) is 5.99.